The number of ether oxygens (including phenoxy) is 1. The standard InChI is InChI=1S/C12H27NO2/c1-4-11(5-2)9-12(14,10-15-3)7-6-8-13/h11,14H,4-10,13H2,1-3H3. The number of hydrogen-bond acceptors (Lipinski definition) is 3. The Labute approximate surface area is 94.0 Å². The van der Waals surface area contributed by atoms with E-state index in [0.29, 0.717) is 19.1 Å². The predicted molar refractivity (Wildman–Crippen MR) is 63.8 cm³/mol. The molecule has 92 valence electrons. The highest BCUT2D eigenvalue weighted by Gasteiger charge is 2.28. The van der Waals surface area contributed by atoms with E-state index in [0.717, 1.165) is 32.1 Å². The van der Waals surface area contributed by atoms with E-state index in [-0.39, 0.29) is 0 Å². The molecule has 0 aromatic rings. The Morgan fingerprint density at radius 2 is 1.93 bits per heavy atom. The Morgan fingerprint density at radius 3 is 2.33 bits per heavy atom. The molecule has 0 saturated carbocycles. The molecule has 0 bridgehead atoms. The lowest BCUT2D eigenvalue weighted by atomic mass is 9.85. The quantitative estimate of drug-likeness (QED) is 0.620. The Morgan fingerprint density at radius 1 is 1.33 bits per heavy atom. The number of hydrogen-bond donors (Lipinski definition) is 2. The molecule has 0 amide bonds. The van der Waals surface area contributed by atoms with E-state index in [9.17, 15) is 5.11 Å². The first-order valence-corrected chi connectivity index (χ1v) is 6.03. The van der Waals surface area contributed by atoms with Crippen molar-refractivity contribution in [3.05, 3.63) is 0 Å². The highest BCUT2D eigenvalue weighted by atomic mass is 16.5. The van der Waals surface area contributed by atoms with Crippen LogP contribution in [0, 0.1) is 5.92 Å². The minimum absolute atomic E-state index is 0.420. The second kappa shape index (κ2) is 8.08. The monoisotopic (exact) mass is 217 g/mol. The minimum Gasteiger partial charge on any atom is -0.387 e. The molecule has 3 N–H and O–H groups in total. The normalized spacial score (nSPS) is 15.6. The first kappa shape index (κ1) is 14.9. The molecule has 0 heterocycles. The van der Waals surface area contributed by atoms with Gasteiger partial charge in [-0.1, -0.05) is 26.7 Å². The molecular formula is C12H27NO2. The Balaban J connectivity index is 4.20. The van der Waals surface area contributed by atoms with Gasteiger partial charge in [0, 0.05) is 7.11 Å². The van der Waals surface area contributed by atoms with Crippen LogP contribution in [0.25, 0.3) is 0 Å². The van der Waals surface area contributed by atoms with Crippen molar-refractivity contribution in [3.8, 4) is 0 Å². The zero-order valence-electron chi connectivity index (χ0n) is 10.5. The van der Waals surface area contributed by atoms with Crippen molar-refractivity contribution >= 4 is 0 Å². The second-order valence-electron chi connectivity index (χ2n) is 4.44. The SMILES string of the molecule is CCC(CC)CC(O)(CCCN)COC. The summed E-state index contributed by atoms with van der Waals surface area (Å²) in [5, 5.41) is 10.4. The molecule has 3 heteroatoms. The lowest BCUT2D eigenvalue weighted by Crippen LogP contribution is -2.37. The summed E-state index contributed by atoms with van der Waals surface area (Å²) in [7, 11) is 1.64. The van der Waals surface area contributed by atoms with Crippen LogP contribution < -0.4 is 5.73 Å². The summed E-state index contributed by atoms with van der Waals surface area (Å²) in [5.41, 5.74) is 4.80. The fourth-order valence-corrected chi connectivity index (χ4v) is 2.05. The predicted octanol–water partition coefficient (Wildman–Crippen LogP) is 1.93. The highest BCUT2D eigenvalue weighted by Crippen LogP contribution is 2.26. The van der Waals surface area contributed by atoms with Gasteiger partial charge in [0.15, 0.2) is 0 Å². The molecule has 0 radical (unpaired) electrons. The van der Waals surface area contributed by atoms with Gasteiger partial charge in [0.1, 0.15) is 0 Å². The topological polar surface area (TPSA) is 55.5 Å². The van der Waals surface area contributed by atoms with Crippen LogP contribution in [-0.4, -0.2) is 31.0 Å². The van der Waals surface area contributed by atoms with Gasteiger partial charge < -0.3 is 15.6 Å². The third kappa shape index (κ3) is 6.13. The van der Waals surface area contributed by atoms with Crippen LogP contribution in [0.15, 0.2) is 0 Å². The van der Waals surface area contributed by atoms with Gasteiger partial charge in [-0.15, -0.1) is 0 Å². The van der Waals surface area contributed by atoms with Gasteiger partial charge in [-0.3, -0.25) is 0 Å². The van der Waals surface area contributed by atoms with Crippen LogP contribution in [0.1, 0.15) is 46.0 Å². The second-order valence-corrected chi connectivity index (χ2v) is 4.44. The van der Waals surface area contributed by atoms with Gasteiger partial charge in [-0.05, 0) is 31.7 Å². The molecule has 0 aliphatic carbocycles. The Kier molecular flexibility index (Phi) is 8.02. The Hall–Kier alpha value is -0.120. The maximum absolute atomic E-state index is 10.4. The van der Waals surface area contributed by atoms with Crippen LogP contribution in [-0.2, 0) is 4.74 Å². The third-order valence-electron chi connectivity index (χ3n) is 3.08. The minimum atomic E-state index is -0.676. The largest absolute Gasteiger partial charge is 0.387 e. The zero-order valence-corrected chi connectivity index (χ0v) is 10.5. The molecule has 0 fully saturated rings. The van der Waals surface area contributed by atoms with E-state index in [4.69, 9.17) is 10.5 Å². The molecule has 0 aromatic carbocycles. The average Bonchev–Trinajstić information content (AvgIpc) is 2.24. The number of methoxy groups -OCH3 is 1. The maximum Gasteiger partial charge on any atom is 0.0883 e. The molecule has 0 saturated heterocycles. The fraction of sp³-hybridized carbons (Fsp3) is 1.00. The molecule has 15 heavy (non-hydrogen) atoms. The van der Waals surface area contributed by atoms with Crippen molar-refractivity contribution in [2.75, 3.05) is 20.3 Å². The first-order chi connectivity index (χ1) is 7.11. The molecule has 0 spiro atoms. The van der Waals surface area contributed by atoms with E-state index in [2.05, 4.69) is 13.8 Å². The van der Waals surface area contributed by atoms with Crippen LogP contribution in [0.4, 0.5) is 0 Å². The molecule has 0 aliphatic rings. The molecule has 1 atom stereocenters. The summed E-state index contributed by atoms with van der Waals surface area (Å²) < 4.78 is 5.10. The molecule has 0 rings (SSSR count). The van der Waals surface area contributed by atoms with Gasteiger partial charge in [0.2, 0.25) is 0 Å². The zero-order chi connectivity index (χ0) is 11.7. The smallest absolute Gasteiger partial charge is 0.0883 e. The van der Waals surface area contributed by atoms with Gasteiger partial charge in [-0.2, -0.15) is 0 Å². The van der Waals surface area contributed by atoms with Crippen molar-refractivity contribution < 1.29 is 9.84 Å². The molecule has 0 aromatic heterocycles. The van der Waals surface area contributed by atoms with Crippen molar-refractivity contribution in [1.82, 2.24) is 0 Å². The van der Waals surface area contributed by atoms with E-state index in [1.165, 1.54) is 0 Å². The molecule has 1 unspecified atom stereocenters. The summed E-state index contributed by atoms with van der Waals surface area (Å²) in [6.45, 7) is 5.40. The van der Waals surface area contributed by atoms with Crippen LogP contribution in [0.2, 0.25) is 0 Å². The van der Waals surface area contributed by atoms with Gasteiger partial charge in [-0.25, -0.2) is 0 Å². The van der Waals surface area contributed by atoms with Crippen LogP contribution in [0.5, 0.6) is 0 Å². The Bertz CT molecular complexity index is 149. The summed E-state index contributed by atoms with van der Waals surface area (Å²) in [6, 6.07) is 0. The fourth-order valence-electron chi connectivity index (χ4n) is 2.05. The summed E-state index contributed by atoms with van der Waals surface area (Å²) in [5.74, 6) is 0.586. The number of nitrogens with two attached hydrogens (primary N) is 1. The molecule has 0 aliphatic heterocycles. The first-order valence-electron chi connectivity index (χ1n) is 6.03. The summed E-state index contributed by atoms with van der Waals surface area (Å²) >= 11 is 0. The van der Waals surface area contributed by atoms with Crippen molar-refractivity contribution in [3.63, 3.8) is 0 Å². The lowest BCUT2D eigenvalue weighted by Gasteiger charge is -2.30. The molecule has 3 nitrogen and oxygen atoms in total. The van der Waals surface area contributed by atoms with Crippen molar-refractivity contribution in [2.24, 2.45) is 11.7 Å². The molecular weight excluding hydrogens is 190 g/mol. The average molecular weight is 217 g/mol. The van der Waals surface area contributed by atoms with Gasteiger partial charge in [0.05, 0.1) is 12.2 Å². The van der Waals surface area contributed by atoms with E-state index >= 15 is 0 Å². The summed E-state index contributed by atoms with van der Waals surface area (Å²) in [4.78, 5) is 0. The van der Waals surface area contributed by atoms with E-state index in [1.807, 2.05) is 0 Å². The van der Waals surface area contributed by atoms with Gasteiger partial charge >= 0.3 is 0 Å². The van der Waals surface area contributed by atoms with E-state index in [1.54, 1.807) is 7.11 Å². The summed E-state index contributed by atoms with van der Waals surface area (Å²) in [6.07, 6.45) is 4.66. The maximum atomic E-state index is 10.4. The van der Waals surface area contributed by atoms with Crippen LogP contribution >= 0.6 is 0 Å². The number of rotatable bonds is 9. The van der Waals surface area contributed by atoms with Crippen molar-refractivity contribution in [1.29, 1.82) is 0 Å². The highest BCUT2D eigenvalue weighted by molar-refractivity contribution is 4.81. The van der Waals surface area contributed by atoms with Crippen molar-refractivity contribution in [2.45, 2.75) is 51.6 Å². The van der Waals surface area contributed by atoms with Gasteiger partial charge in [0.25, 0.3) is 0 Å². The van der Waals surface area contributed by atoms with E-state index < -0.39 is 5.60 Å². The lowest BCUT2D eigenvalue weighted by molar-refractivity contribution is -0.0549. The third-order valence-corrected chi connectivity index (χ3v) is 3.08. The van der Waals surface area contributed by atoms with Crippen LogP contribution in [0.3, 0.4) is 0 Å². The number of aliphatic hydroxyl groups is 1.